The molecule has 1 amide bonds. The molecule has 0 unspecified atom stereocenters. The summed E-state index contributed by atoms with van der Waals surface area (Å²) >= 11 is 0. The summed E-state index contributed by atoms with van der Waals surface area (Å²) in [5, 5.41) is 3.09. The summed E-state index contributed by atoms with van der Waals surface area (Å²) in [7, 11) is 0. The molecule has 1 aliphatic rings. The molecule has 1 aliphatic heterocycles. The summed E-state index contributed by atoms with van der Waals surface area (Å²) < 4.78 is 5.62. The van der Waals surface area contributed by atoms with E-state index in [1.165, 1.54) is 0 Å². The van der Waals surface area contributed by atoms with Crippen LogP contribution in [0, 0.1) is 6.92 Å². The van der Waals surface area contributed by atoms with E-state index in [0.29, 0.717) is 11.5 Å². The molecule has 128 valence electrons. The Hall–Kier alpha value is -2.89. The van der Waals surface area contributed by atoms with E-state index in [4.69, 9.17) is 4.42 Å². The predicted molar refractivity (Wildman–Crippen MR) is 95.4 cm³/mol. The van der Waals surface area contributed by atoms with Gasteiger partial charge in [-0.15, -0.1) is 0 Å². The Labute approximate surface area is 145 Å². The zero-order valence-corrected chi connectivity index (χ0v) is 14.1. The van der Waals surface area contributed by atoms with Gasteiger partial charge >= 0.3 is 0 Å². The molecule has 2 aromatic heterocycles. The highest BCUT2D eigenvalue weighted by atomic mass is 16.3. The second-order valence-electron chi connectivity index (χ2n) is 6.47. The molecule has 1 aromatic carbocycles. The van der Waals surface area contributed by atoms with Crippen molar-refractivity contribution in [2.24, 2.45) is 0 Å². The predicted octanol–water partition coefficient (Wildman–Crippen LogP) is 2.47. The van der Waals surface area contributed by atoms with Gasteiger partial charge in [-0.2, -0.15) is 0 Å². The highest BCUT2D eigenvalue weighted by Crippen LogP contribution is 2.20. The number of rotatable bonds is 4. The molecule has 0 spiro atoms. The first kappa shape index (κ1) is 15.6. The van der Waals surface area contributed by atoms with E-state index in [9.17, 15) is 4.79 Å². The van der Waals surface area contributed by atoms with Gasteiger partial charge in [-0.3, -0.25) is 9.78 Å². The molecular weight excluding hydrogens is 316 g/mol. The summed E-state index contributed by atoms with van der Waals surface area (Å²) in [6.45, 7) is 3.75. The first-order valence-electron chi connectivity index (χ1n) is 8.48. The number of nitrogens with one attached hydrogen (secondary N) is 1. The number of carbonyl (C=O) groups is 1. The quantitative estimate of drug-likeness (QED) is 0.792. The highest BCUT2D eigenvalue weighted by molar-refractivity contribution is 5.79. The maximum Gasteiger partial charge on any atom is 0.229 e. The number of para-hydroxylation sites is 2. The van der Waals surface area contributed by atoms with Gasteiger partial charge < -0.3 is 14.6 Å². The van der Waals surface area contributed by atoms with Crippen molar-refractivity contribution in [2.75, 3.05) is 18.0 Å². The molecule has 25 heavy (non-hydrogen) atoms. The second kappa shape index (κ2) is 6.55. The largest absolute Gasteiger partial charge is 0.440 e. The smallest absolute Gasteiger partial charge is 0.229 e. The minimum absolute atomic E-state index is 0.0548. The lowest BCUT2D eigenvalue weighted by Crippen LogP contribution is -2.38. The molecule has 0 radical (unpaired) electrons. The van der Waals surface area contributed by atoms with Crippen molar-refractivity contribution in [1.29, 1.82) is 0 Å². The lowest BCUT2D eigenvalue weighted by atomic mass is 10.2. The van der Waals surface area contributed by atoms with Crippen molar-refractivity contribution < 1.29 is 9.21 Å². The number of anilines is 1. The summed E-state index contributed by atoms with van der Waals surface area (Å²) in [4.78, 5) is 23.1. The number of hydrogen-bond donors (Lipinski definition) is 1. The Morgan fingerprint density at radius 1 is 1.36 bits per heavy atom. The fourth-order valence-corrected chi connectivity index (χ4v) is 3.24. The maximum absolute atomic E-state index is 12.3. The molecule has 0 bridgehead atoms. The van der Waals surface area contributed by atoms with Crippen LogP contribution in [0.4, 0.5) is 5.69 Å². The Morgan fingerprint density at radius 3 is 3.08 bits per heavy atom. The van der Waals surface area contributed by atoms with Crippen LogP contribution in [0.2, 0.25) is 0 Å². The summed E-state index contributed by atoms with van der Waals surface area (Å²) in [5.41, 5.74) is 3.74. The third-order valence-corrected chi connectivity index (χ3v) is 4.43. The van der Waals surface area contributed by atoms with E-state index in [1.807, 2.05) is 43.6 Å². The molecule has 1 fully saturated rings. The molecule has 0 aliphatic carbocycles. The SMILES string of the molecule is Cc1cncc(N2CC[C@@H](NC(=O)Cc3nc4ccccc4o3)C2)c1. The van der Waals surface area contributed by atoms with Gasteiger partial charge in [0.05, 0.1) is 11.9 Å². The van der Waals surface area contributed by atoms with E-state index < -0.39 is 0 Å². The van der Waals surface area contributed by atoms with Crippen LogP contribution in [0.15, 0.2) is 47.1 Å². The standard InChI is InChI=1S/C19H20N4O2/c1-13-8-15(11-20-10-13)23-7-6-14(12-23)21-18(24)9-19-22-16-4-2-3-5-17(16)25-19/h2-5,8,10-11,14H,6-7,9,12H2,1H3,(H,21,24)/t14-/m1/s1. The van der Waals surface area contributed by atoms with Gasteiger partial charge in [-0.05, 0) is 37.1 Å². The molecule has 3 heterocycles. The normalized spacial score (nSPS) is 17.2. The van der Waals surface area contributed by atoms with Crippen LogP contribution >= 0.6 is 0 Å². The van der Waals surface area contributed by atoms with Gasteiger partial charge in [0.15, 0.2) is 5.58 Å². The van der Waals surface area contributed by atoms with Gasteiger partial charge in [0.25, 0.3) is 0 Å². The van der Waals surface area contributed by atoms with Crippen LogP contribution < -0.4 is 10.2 Å². The van der Waals surface area contributed by atoms with Crippen LogP contribution in [-0.2, 0) is 11.2 Å². The zero-order valence-electron chi connectivity index (χ0n) is 14.1. The maximum atomic E-state index is 12.3. The van der Waals surface area contributed by atoms with Gasteiger partial charge in [0, 0.05) is 25.3 Å². The minimum Gasteiger partial charge on any atom is -0.440 e. The number of amides is 1. The Bertz CT molecular complexity index is 872. The molecule has 6 heteroatoms. The van der Waals surface area contributed by atoms with Crippen molar-refractivity contribution >= 4 is 22.7 Å². The first-order valence-corrected chi connectivity index (χ1v) is 8.48. The molecule has 4 rings (SSSR count). The van der Waals surface area contributed by atoms with Crippen molar-refractivity contribution in [2.45, 2.75) is 25.8 Å². The zero-order chi connectivity index (χ0) is 17.2. The minimum atomic E-state index is -0.0548. The van der Waals surface area contributed by atoms with Gasteiger partial charge in [-0.1, -0.05) is 12.1 Å². The number of oxazole rings is 1. The number of benzene rings is 1. The number of aryl methyl sites for hydroxylation is 1. The van der Waals surface area contributed by atoms with E-state index >= 15 is 0 Å². The van der Waals surface area contributed by atoms with Crippen molar-refractivity contribution in [1.82, 2.24) is 15.3 Å². The van der Waals surface area contributed by atoms with E-state index in [2.05, 4.69) is 26.3 Å². The van der Waals surface area contributed by atoms with Gasteiger partial charge in [0.2, 0.25) is 11.8 Å². The number of carbonyl (C=O) groups excluding carboxylic acids is 1. The topological polar surface area (TPSA) is 71.3 Å². The Balaban J connectivity index is 1.35. The number of pyridine rings is 1. The fraction of sp³-hybridized carbons (Fsp3) is 0.316. The van der Waals surface area contributed by atoms with Crippen molar-refractivity contribution in [3.63, 3.8) is 0 Å². The van der Waals surface area contributed by atoms with E-state index in [-0.39, 0.29) is 18.4 Å². The van der Waals surface area contributed by atoms with Gasteiger partial charge in [0.1, 0.15) is 11.9 Å². The number of hydrogen-bond acceptors (Lipinski definition) is 5. The van der Waals surface area contributed by atoms with Crippen LogP contribution in [0.25, 0.3) is 11.1 Å². The Morgan fingerprint density at radius 2 is 2.24 bits per heavy atom. The summed E-state index contributed by atoms with van der Waals surface area (Å²) in [6.07, 6.45) is 4.80. The monoisotopic (exact) mass is 336 g/mol. The molecule has 1 N–H and O–H groups in total. The van der Waals surface area contributed by atoms with Gasteiger partial charge in [-0.25, -0.2) is 4.98 Å². The number of nitrogens with zero attached hydrogens (tertiary/aromatic N) is 3. The summed E-state index contributed by atoms with van der Waals surface area (Å²) in [6, 6.07) is 9.79. The lowest BCUT2D eigenvalue weighted by molar-refractivity contribution is -0.121. The van der Waals surface area contributed by atoms with Crippen LogP contribution in [0.5, 0.6) is 0 Å². The van der Waals surface area contributed by atoms with Crippen molar-refractivity contribution in [3.8, 4) is 0 Å². The first-order chi connectivity index (χ1) is 12.2. The second-order valence-corrected chi connectivity index (χ2v) is 6.47. The molecule has 0 saturated carbocycles. The lowest BCUT2D eigenvalue weighted by Gasteiger charge is -2.19. The third kappa shape index (κ3) is 3.47. The summed E-state index contributed by atoms with van der Waals surface area (Å²) in [5.74, 6) is 0.400. The number of aromatic nitrogens is 2. The molecule has 1 saturated heterocycles. The molecular formula is C19H20N4O2. The van der Waals surface area contributed by atoms with E-state index in [0.717, 1.165) is 36.3 Å². The van der Waals surface area contributed by atoms with Crippen LogP contribution in [-0.4, -0.2) is 35.0 Å². The average molecular weight is 336 g/mol. The van der Waals surface area contributed by atoms with Crippen LogP contribution in [0.3, 0.4) is 0 Å². The third-order valence-electron chi connectivity index (χ3n) is 4.43. The van der Waals surface area contributed by atoms with Crippen molar-refractivity contribution in [3.05, 3.63) is 54.2 Å². The number of fused-ring (bicyclic) bond motifs is 1. The molecule has 3 aromatic rings. The Kier molecular flexibility index (Phi) is 4.09. The fourth-order valence-electron chi connectivity index (χ4n) is 3.24. The van der Waals surface area contributed by atoms with E-state index in [1.54, 1.807) is 0 Å². The highest BCUT2D eigenvalue weighted by Gasteiger charge is 2.24. The average Bonchev–Trinajstić information content (AvgIpc) is 3.21. The molecule has 1 atom stereocenters. The van der Waals surface area contributed by atoms with Crippen LogP contribution in [0.1, 0.15) is 17.9 Å². The molecule has 6 nitrogen and oxygen atoms in total.